The maximum absolute atomic E-state index is 12.3. The van der Waals surface area contributed by atoms with Crippen LogP contribution in [-0.2, 0) is 0 Å². The van der Waals surface area contributed by atoms with Gasteiger partial charge in [0.05, 0.1) is 5.56 Å². The third kappa shape index (κ3) is 4.94. The van der Waals surface area contributed by atoms with Gasteiger partial charge in [0.1, 0.15) is 0 Å². The fourth-order valence-corrected chi connectivity index (χ4v) is 2.45. The van der Waals surface area contributed by atoms with E-state index in [1.807, 2.05) is 6.07 Å². The summed E-state index contributed by atoms with van der Waals surface area (Å²) in [5, 5.41) is 2.70. The van der Waals surface area contributed by atoms with Crippen molar-refractivity contribution in [2.24, 2.45) is 0 Å². The molecule has 140 valence electrons. The van der Waals surface area contributed by atoms with Gasteiger partial charge in [-0.15, -0.1) is 0 Å². The molecule has 0 unspecified atom stereocenters. The number of pyridine rings is 1. The Bertz CT molecular complexity index is 996. The Morgan fingerprint density at radius 2 is 2.11 bits per heavy atom. The number of aromatic amines is 1. The Labute approximate surface area is 156 Å². The zero-order valence-electron chi connectivity index (χ0n) is 13.7. The highest BCUT2D eigenvalue weighted by molar-refractivity contribution is 7.71. The van der Waals surface area contributed by atoms with Gasteiger partial charge < -0.3 is 15.0 Å². The molecule has 0 radical (unpaired) electrons. The molecule has 0 aliphatic heterocycles. The zero-order valence-corrected chi connectivity index (χ0v) is 14.5. The quantitative estimate of drug-likeness (QED) is 0.639. The Morgan fingerprint density at radius 1 is 1.30 bits per heavy atom. The van der Waals surface area contributed by atoms with Crippen molar-refractivity contribution >= 4 is 23.8 Å². The smallest absolute Gasteiger partial charge is 0.422 e. The highest BCUT2D eigenvalue weighted by Gasteiger charge is 2.28. The summed E-state index contributed by atoms with van der Waals surface area (Å²) < 4.78 is 43.1. The van der Waals surface area contributed by atoms with Crippen LogP contribution in [0.5, 0.6) is 5.88 Å². The summed E-state index contributed by atoms with van der Waals surface area (Å²) in [5.74, 6) is -0.674. The maximum Gasteiger partial charge on any atom is 0.422 e. The maximum atomic E-state index is 12.3. The first-order valence-corrected chi connectivity index (χ1v) is 8.06. The molecule has 0 bridgehead atoms. The molecule has 6 nitrogen and oxygen atoms in total. The van der Waals surface area contributed by atoms with E-state index in [4.69, 9.17) is 12.2 Å². The first-order chi connectivity index (χ1) is 12.8. The number of carbonyl (C=O) groups is 1. The second-order valence-corrected chi connectivity index (χ2v) is 5.82. The number of benzene rings is 1. The number of hydrogen-bond acceptors (Lipinski definition) is 4. The van der Waals surface area contributed by atoms with Crippen LogP contribution in [0.15, 0.2) is 55.0 Å². The lowest BCUT2D eigenvalue weighted by atomic mass is 10.2. The highest BCUT2D eigenvalue weighted by atomic mass is 32.1. The van der Waals surface area contributed by atoms with Crippen molar-refractivity contribution in [2.45, 2.75) is 6.18 Å². The van der Waals surface area contributed by atoms with Crippen molar-refractivity contribution in [3.05, 3.63) is 65.3 Å². The molecule has 27 heavy (non-hydrogen) atoms. The van der Waals surface area contributed by atoms with Gasteiger partial charge in [0, 0.05) is 36.0 Å². The zero-order chi connectivity index (χ0) is 19.4. The monoisotopic (exact) mass is 394 g/mol. The Balaban J connectivity index is 1.69. The summed E-state index contributed by atoms with van der Waals surface area (Å²) in [5.41, 5.74) is 1.46. The average molecular weight is 394 g/mol. The molecule has 3 rings (SSSR count). The molecule has 0 saturated heterocycles. The molecule has 0 fully saturated rings. The summed E-state index contributed by atoms with van der Waals surface area (Å²) in [6.07, 6.45) is 0.146. The normalized spacial score (nSPS) is 11.2. The molecule has 2 N–H and O–H groups in total. The fraction of sp³-hybridized carbons (Fsp3) is 0.118. The number of rotatable bonds is 5. The van der Waals surface area contributed by atoms with Gasteiger partial charge in [0.15, 0.2) is 11.4 Å². The number of hydrogen-bond donors (Lipinski definition) is 2. The Morgan fingerprint density at radius 3 is 2.74 bits per heavy atom. The Hall–Kier alpha value is -3.14. The topological polar surface area (TPSA) is 71.9 Å². The van der Waals surface area contributed by atoms with Crippen molar-refractivity contribution in [1.29, 1.82) is 0 Å². The Kier molecular flexibility index (Phi) is 5.26. The van der Waals surface area contributed by atoms with Crippen molar-refractivity contribution < 1.29 is 22.7 Å². The highest BCUT2D eigenvalue weighted by Crippen LogP contribution is 2.18. The van der Waals surface area contributed by atoms with Crippen LogP contribution in [0.3, 0.4) is 0 Å². The number of carbonyl (C=O) groups excluding carboxylic acids is 1. The van der Waals surface area contributed by atoms with Crippen LogP contribution in [-0.4, -0.2) is 33.2 Å². The number of imidazole rings is 1. The fourth-order valence-electron chi connectivity index (χ4n) is 2.22. The van der Waals surface area contributed by atoms with Crippen molar-refractivity contribution in [1.82, 2.24) is 14.5 Å². The molecule has 1 aromatic carbocycles. The largest absolute Gasteiger partial charge is 0.468 e. The average Bonchev–Trinajstić information content (AvgIpc) is 3.06. The summed E-state index contributed by atoms with van der Waals surface area (Å²) in [6, 6.07) is 9.55. The van der Waals surface area contributed by atoms with E-state index in [0.29, 0.717) is 10.5 Å². The van der Waals surface area contributed by atoms with Crippen molar-refractivity contribution in [3.63, 3.8) is 0 Å². The number of aromatic nitrogens is 3. The van der Waals surface area contributed by atoms with E-state index in [-0.39, 0.29) is 11.4 Å². The summed E-state index contributed by atoms with van der Waals surface area (Å²) in [4.78, 5) is 18.9. The molecular weight excluding hydrogens is 381 g/mol. The van der Waals surface area contributed by atoms with E-state index >= 15 is 0 Å². The van der Waals surface area contributed by atoms with Crippen LogP contribution in [0.1, 0.15) is 10.4 Å². The molecule has 0 saturated carbocycles. The standard InChI is InChI=1S/C17H13F3N4O2S/c18-17(19,20)10-26-14-5-4-11(9-22-14)15(25)23-12-2-1-3-13(8-12)24-7-6-21-16(24)27/h1-9H,10H2,(H,21,27)(H,23,25). The molecule has 0 aliphatic rings. The second-order valence-electron chi connectivity index (χ2n) is 5.43. The van der Waals surface area contributed by atoms with Crippen LogP contribution in [0.4, 0.5) is 18.9 Å². The van der Waals surface area contributed by atoms with Crippen molar-refractivity contribution in [3.8, 4) is 11.6 Å². The van der Waals surface area contributed by atoms with E-state index in [0.717, 1.165) is 11.9 Å². The molecule has 1 amide bonds. The van der Waals surface area contributed by atoms with Crippen LogP contribution in [0.2, 0.25) is 0 Å². The van der Waals surface area contributed by atoms with Gasteiger partial charge in [-0.1, -0.05) is 6.07 Å². The van der Waals surface area contributed by atoms with Gasteiger partial charge in [-0.05, 0) is 36.5 Å². The molecule has 3 aromatic rings. The summed E-state index contributed by atoms with van der Waals surface area (Å²) in [7, 11) is 0. The van der Waals surface area contributed by atoms with Gasteiger partial charge in [-0.2, -0.15) is 13.2 Å². The molecule has 0 atom stereocenters. The van der Waals surface area contributed by atoms with E-state index < -0.39 is 18.7 Å². The number of nitrogens with one attached hydrogen (secondary N) is 2. The number of alkyl halides is 3. The van der Waals surface area contributed by atoms with E-state index in [9.17, 15) is 18.0 Å². The number of anilines is 1. The van der Waals surface area contributed by atoms with Gasteiger partial charge in [0.25, 0.3) is 5.91 Å². The molecular formula is C17H13F3N4O2S. The third-order valence-electron chi connectivity index (χ3n) is 3.41. The number of nitrogens with zero attached hydrogens (tertiary/aromatic N) is 2. The number of halogens is 3. The predicted molar refractivity (Wildman–Crippen MR) is 94.7 cm³/mol. The SMILES string of the molecule is O=C(Nc1cccc(-n2cc[nH]c2=S)c1)c1ccc(OCC(F)(F)F)nc1. The van der Waals surface area contributed by atoms with Gasteiger partial charge in [0.2, 0.25) is 5.88 Å². The minimum absolute atomic E-state index is 0.179. The minimum Gasteiger partial charge on any atom is -0.468 e. The van der Waals surface area contributed by atoms with Crippen molar-refractivity contribution in [2.75, 3.05) is 11.9 Å². The summed E-state index contributed by atoms with van der Waals surface area (Å²) >= 11 is 5.16. The van der Waals surface area contributed by atoms with Crippen LogP contribution < -0.4 is 10.1 Å². The third-order valence-corrected chi connectivity index (χ3v) is 3.73. The minimum atomic E-state index is -4.45. The van der Waals surface area contributed by atoms with E-state index in [1.165, 1.54) is 12.1 Å². The predicted octanol–water partition coefficient (Wildman–Crippen LogP) is 4.12. The number of amides is 1. The van der Waals surface area contributed by atoms with Crippen LogP contribution >= 0.6 is 12.2 Å². The number of H-pyrrole nitrogens is 1. The van der Waals surface area contributed by atoms with Crippen LogP contribution in [0.25, 0.3) is 5.69 Å². The van der Waals surface area contributed by atoms with E-state index in [2.05, 4.69) is 20.0 Å². The van der Waals surface area contributed by atoms with Gasteiger partial charge in [-0.25, -0.2) is 4.98 Å². The first kappa shape index (κ1) is 18.6. The molecule has 10 heteroatoms. The first-order valence-electron chi connectivity index (χ1n) is 7.65. The molecule has 2 heterocycles. The molecule has 2 aromatic heterocycles. The molecule has 0 aliphatic carbocycles. The lowest BCUT2D eigenvalue weighted by Gasteiger charge is -2.10. The lowest BCUT2D eigenvalue weighted by molar-refractivity contribution is -0.154. The second kappa shape index (κ2) is 7.62. The van der Waals surface area contributed by atoms with E-state index in [1.54, 1.807) is 35.2 Å². The van der Waals surface area contributed by atoms with Gasteiger partial charge in [-0.3, -0.25) is 9.36 Å². The lowest BCUT2D eigenvalue weighted by Crippen LogP contribution is -2.19. The van der Waals surface area contributed by atoms with Crippen LogP contribution in [0, 0.1) is 4.77 Å². The molecule has 0 spiro atoms. The summed E-state index contributed by atoms with van der Waals surface area (Å²) in [6.45, 7) is -1.44. The van der Waals surface area contributed by atoms with Gasteiger partial charge >= 0.3 is 6.18 Å². The number of ether oxygens (including phenoxy) is 1.